The van der Waals surface area contributed by atoms with E-state index in [1.54, 1.807) is 12.2 Å². The van der Waals surface area contributed by atoms with Crippen molar-refractivity contribution in [1.82, 2.24) is 0 Å². The number of thiophene rings is 1. The Bertz CT molecular complexity index is 1970. The Labute approximate surface area is 303 Å². The molecule has 4 nitrogen and oxygen atoms in total. The second-order valence-electron chi connectivity index (χ2n) is 12.6. The summed E-state index contributed by atoms with van der Waals surface area (Å²) < 4.78 is 37.4. The third-order valence-corrected chi connectivity index (χ3v) is 11.6. The number of sulfone groups is 1. The molecule has 50 heavy (non-hydrogen) atoms. The van der Waals surface area contributed by atoms with Crippen LogP contribution < -0.4 is 9.47 Å². The number of ether oxygens (including phenoxy) is 2. The molecule has 1 aromatic heterocycles. The van der Waals surface area contributed by atoms with E-state index >= 15 is 0 Å². The predicted molar refractivity (Wildman–Crippen MR) is 212 cm³/mol. The van der Waals surface area contributed by atoms with Crippen LogP contribution in [0.4, 0.5) is 0 Å². The fraction of sp³-hybridized carbons (Fsp3) is 0.273. The first-order valence-corrected chi connectivity index (χ1v) is 20.0. The summed E-state index contributed by atoms with van der Waals surface area (Å²) in [6, 6.07) is 36.4. The third-order valence-electron chi connectivity index (χ3n) is 8.55. The van der Waals surface area contributed by atoms with Crippen molar-refractivity contribution < 1.29 is 17.9 Å². The average molecular weight is 705 g/mol. The normalized spacial score (nSPS) is 13.2. The Morgan fingerprint density at radius 2 is 0.840 bits per heavy atom. The molecule has 0 N–H and O–H groups in total. The van der Waals surface area contributed by atoms with Gasteiger partial charge in [0.25, 0.3) is 0 Å². The molecule has 1 aliphatic heterocycles. The van der Waals surface area contributed by atoms with Gasteiger partial charge in [0.05, 0.1) is 23.0 Å². The van der Waals surface area contributed by atoms with Gasteiger partial charge in [-0.05, 0) is 122 Å². The molecule has 0 spiro atoms. The van der Waals surface area contributed by atoms with Crippen LogP contribution in [0, 0.1) is 13.8 Å². The van der Waals surface area contributed by atoms with E-state index < -0.39 is 9.84 Å². The highest BCUT2D eigenvalue weighted by Crippen LogP contribution is 2.38. The van der Waals surface area contributed by atoms with Crippen LogP contribution in [0.1, 0.15) is 74.6 Å². The zero-order valence-electron chi connectivity index (χ0n) is 29.7. The molecule has 0 bridgehead atoms. The lowest BCUT2D eigenvalue weighted by Crippen LogP contribution is -2.03. The van der Waals surface area contributed by atoms with Crippen LogP contribution in [0.2, 0.25) is 0 Å². The zero-order chi connectivity index (χ0) is 35.3. The van der Waals surface area contributed by atoms with E-state index in [-0.39, 0.29) is 0 Å². The highest BCUT2D eigenvalue weighted by Gasteiger charge is 2.29. The first-order valence-electron chi connectivity index (χ1n) is 17.7. The smallest absolute Gasteiger partial charge is 0.207 e. The highest BCUT2D eigenvalue weighted by atomic mass is 32.2. The van der Waals surface area contributed by atoms with Crippen LogP contribution in [0.3, 0.4) is 0 Å². The molecule has 0 amide bonds. The van der Waals surface area contributed by atoms with Gasteiger partial charge in [0.2, 0.25) is 9.84 Å². The maximum absolute atomic E-state index is 12.9. The summed E-state index contributed by atoms with van der Waals surface area (Å²) in [7, 11) is -3.50. The van der Waals surface area contributed by atoms with Crippen molar-refractivity contribution in [2.75, 3.05) is 13.2 Å². The summed E-state index contributed by atoms with van der Waals surface area (Å²) in [5.41, 5.74) is 6.34. The molecule has 260 valence electrons. The lowest BCUT2D eigenvalue weighted by molar-refractivity contribution is 0.306. The molecule has 5 aromatic rings. The Hall–Kier alpha value is -4.39. The van der Waals surface area contributed by atoms with Gasteiger partial charge in [-0.3, -0.25) is 0 Å². The molecule has 0 radical (unpaired) electrons. The molecule has 0 aliphatic carbocycles. The van der Waals surface area contributed by atoms with Gasteiger partial charge in [-0.2, -0.15) is 0 Å². The van der Waals surface area contributed by atoms with Crippen molar-refractivity contribution >= 4 is 31.0 Å². The summed E-state index contributed by atoms with van der Waals surface area (Å²) in [5, 5.41) is 0. The van der Waals surface area contributed by atoms with E-state index in [4.69, 9.17) is 9.47 Å². The summed E-state index contributed by atoms with van der Waals surface area (Å²) >= 11 is 1.83. The lowest BCUT2D eigenvalue weighted by Gasteiger charge is -2.10. The van der Waals surface area contributed by atoms with E-state index in [2.05, 4.69) is 81.4 Å². The molecular weight excluding hydrogens is 657 g/mol. The van der Waals surface area contributed by atoms with Crippen LogP contribution in [0.25, 0.3) is 30.7 Å². The fourth-order valence-corrected chi connectivity index (χ4v) is 8.19. The lowest BCUT2D eigenvalue weighted by atomic mass is 10.1. The summed E-state index contributed by atoms with van der Waals surface area (Å²) in [4.78, 5) is 3.30. The molecule has 1 aliphatic rings. The van der Waals surface area contributed by atoms with Gasteiger partial charge in [-0.1, -0.05) is 99.2 Å². The van der Waals surface area contributed by atoms with Gasteiger partial charge in [0.15, 0.2) is 0 Å². The van der Waals surface area contributed by atoms with E-state index in [0.29, 0.717) is 22.0 Å². The Balaban J connectivity index is 0.000000195. The van der Waals surface area contributed by atoms with Crippen LogP contribution in [0.5, 0.6) is 11.5 Å². The number of hydrogen-bond acceptors (Lipinski definition) is 5. The molecule has 0 atom stereocenters. The maximum Gasteiger partial charge on any atom is 0.207 e. The van der Waals surface area contributed by atoms with Crippen molar-refractivity contribution in [1.29, 1.82) is 0 Å². The summed E-state index contributed by atoms with van der Waals surface area (Å²) in [6.45, 7) is 9.97. The van der Waals surface area contributed by atoms with Crippen molar-refractivity contribution in [2.24, 2.45) is 0 Å². The van der Waals surface area contributed by atoms with Gasteiger partial charge in [0, 0.05) is 9.75 Å². The minimum atomic E-state index is -3.50. The van der Waals surface area contributed by atoms with Crippen LogP contribution in [0.15, 0.2) is 121 Å². The first-order chi connectivity index (χ1) is 24.3. The minimum Gasteiger partial charge on any atom is -0.494 e. The average Bonchev–Trinajstić information content (AvgIpc) is 3.75. The van der Waals surface area contributed by atoms with E-state index in [1.807, 2.05) is 66.8 Å². The summed E-state index contributed by atoms with van der Waals surface area (Å²) in [5.74, 6) is 1.73. The van der Waals surface area contributed by atoms with E-state index in [1.165, 1.54) is 39.3 Å². The maximum atomic E-state index is 12.9. The number of rotatable bonds is 14. The molecule has 0 saturated carbocycles. The minimum absolute atomic E-state index is 0.339. The van der Waals surface area contributed by atoms with Crippen LogP contribution in [-0.4, -0.2) is 21.6 Å². The first kappa shape index (κ1) is 36.9. The van der Waals surface area contributed by atoms with Gasteiger partial charge in [0.1, 0.15) is 11.5 Å². The fourth-order valence-electron chi connectivity index (χ4n) is 5.55. The molecule has 0 unspecified atom stereocenters. The number of hydrogen-bond donors (Lipinski definition) is 0. The van der Waals surface area contributed by atoms with Gasteiger partial charge < -0.3 is 9.47 Å². The van der Waals surface area contributed by atoms with Gasteiger partial charge in [-0.15, -0.1) is 11.3 Å². The standard InChI is InChI=1S/C22H24O3S.C22H24OS/c1-3-4-5-16-25-20-12-10-19(11-13-20)22-15-14-21(26(22,23)24)18-8-6-17(2)7-9-18;1-3-4-5-16-23-20-12-10-19(11-13-20)22-15-14-21(24-22)18-8-6-17(2)7-9-18/h6-15H,3-5,16H2,1-2H3;6-15H,3-5,16H2,1-2H3. The number of unbranched alkanes of at least 4 members (excludes halogenated alkanes) is 4. The monoisotopic (exact) mass is 704 g/mol. The van der Waals surface area contributed by atoms with Crippen molar-refractivity contribution in [2.45, 2.75) is 66.2 Å². The van der Waals surface area contributed by atoms with Gasteiger partial charge >= 0.3 is 0 Å². The number of aryl methyl sites for hydroxylation is 2. The second kappa shape index (κ2) is 18.0. The molecule has 6 rings (SSSR count). The zero-order valence-corrected chi connectivity index (χ0v) is 31.3. The SMILES string of the molecule is CCCCCOc1ccc(-c2ccc(-c3ccc(C)cc3)s2)cc1.CCCCCOc1ccc(C2=CC=C(c3ccc(C)cc3)S2(=O)=O)cc1. The molecule has 0 fully saturated rings. The number of benzene rings is 4. The van der Waals surface area contributed by atoms with Crippen molar-refractivity contribution in [3.8, 4) is 32.4 Å². The predicted octanol–water partition coefficient (Wildman–Crippen LogP) is 12.3. The van der Waals surface area contributed by atoms with E-state index in [9.17, 15) is 8.42 Å². The van der Waals surface area contributed by atoms with Crippen LogP contribution in [-0.2, 0) is 9.84 Å². The molecular formula is C44H48O4S2. The topological polar surface area (TPSA) is 52.6 Å². The summed E-state index contributed by atoms with van der Waals surface area (Å²) in [6.07, 6.45) is 10.3. The third kappa shape index (κ3) is 9.86. The largest absolute Gasteiger partial charge is 0.494 e. The molecule has 6 heteroatoms. The Kier molecular flexibility index (Phi) is 13.3. The Morgan fingerprint density at radius 1 is 0.480 bits per heavy atom. The second-order valence-corrected chi connectivity index (χ2v) is 15.6. The van der Waals surface area contributed by atoms with Crippen molar-refractivity contribution in [3.63, 3.8) is 0 Å². The molecule has 2 heterocycles. The highest BCUT2D eigenvalue weighted by molar-refractivity contribution is 8.09. The molecule has 0 saturated heterocycles. The van der Waals surface area contributed by atoms with Gasteiger partial charge in [-0.25, -0.2) is 8.42 Å². The Morgan fingerprint density at radius 3 is 1.24 bits per heavy atom. The van der Waals surface area contributed by atoms with Crippen molar-refractivity contribution in [3.05, 3.63) is 144 Å². The molecule has 4 aromatic carbocycles. The van der Waals surface area contributed by atoms with E-state index in [0.717, 1.165) is 54.9 Å². The quantitative estimate of drug-likeness (QED) is 0.108. The number of allylic oxidation sites excluding steroid dienone is 2. The van der Waals surface area contributed by atoms with Crippen LogP contribution >= 0.6 is 11.3 Å².